The fraction of sp³-hybridized carbons (Fsp3) is 0.273. The minimum atomic E-state index is -0.976. The van der Waals surface area contributed by atoms with Crippen LogP contribution in [0.25, 0.3) is 11.3 Å². The number of carboxylic acids is 1. The van der Waals surface area contributed by atoms with Crippen LogP contribution in [0, 0.1) is 0 Å². The SMILES string of the molecule is CC[C@H](OCc1cc(-c2cccc(OC)c2)n(Cc2ccccc2Cl)n1)C(=O)O.S. The van der Waals surface area contributed by atoms with Crippen molar-refractivity contribution in [1.82, 2.24) is 9.78 Å². The number of carbonyl (C=O) groups is 1. The highest BCUT2D eigenvalue weighted by atomic mass is 35.5. The Morgan fingerprint density at radius 2 is 1.97 bits per heavy atom. The quantitative estimate of drug-likeness (QED) is 0.511. The summed E-state index contributed by atoms with van der Waals surface area (Å²) in [5, 5.41) is 14.5. The second-order valence-corrected chi connectivity index (χ2v) is 6.96. The van der Waals surface area contributed by atoms with Crippen molar-refractivity contribution in [2.24, 2.45) is 0 Å². The van der Waals surface area contributed by atoms with E-state index in [1.807, 2.05) is 59.3 Å². The van der Waals surface area contributed by atoms with Gasteiger partial charge in [-0.05, 0) is 36.2 Å². The van der Waals surface area contributed by atoms with Gasteiger partial charge in [0.05, 0.1) is 31.6 Å². The molecular formula is C22H25ClN2O4S. The number of ether oxygens (including phenoxy) is 2. The fourth-order valence-electron chi connectivity index (χ4n) is 3.01. The van der Waals surface area contributed by atoms with Gasteiger partial charge in [-0.15, -0.1) is 0 Å². The molecule has 160 valence electrons. The zero-order chi connectivity index (χ0) is 20.8. The van der Waals surface area contributed by atoms with E-state index in [4.69, 9.17) is 21.1 Å². The van der Waals surface area contributed by atoms with Crippen molar-refractivity contribution < 1.29 is 19.4 Å². The maximum atomic E-state index is 11.2. The molecule has 3 aromatic rings. The van der Waals surface area contributed by atoms with Gasteiger partial charge in [0.2, 0.25) is 0 Å². The maximum absolute atomic E-state index is 11.2. The van der Waals surface area contributed by atoms with Crippen molar-refractivity contribution >= 4 is 31.1 Å². The number of rotatable bonds is 9. The first-order valence-corrected chi connectivity index (χ1v) is 9.68. The third-order valence-corrected chi connectivity index (χ3v) is 4.92. The molecule has 0 saturated heterocycles. The van der Waals surface area contributed by atoms with Gasteiger partial charge in [-0.2, -0.15) is 18.6 Å². The second-order valence-electron chi connectivity index (χ2n) is 6.55. The highest BCUT2D eigenvalue weighted by Crippen LogP contribution is 2.27. The maximum Gasteiger partial charge on any atom is 0.332 e. The second kappa shape index (κ2) is 11.1. The summed E-state index contributed by atoms with van der Waals surface area (Å²) in [4.78, 5) is 11.2. The van der Waals surface area contributed by atoms with E-state index in [0.717, 1.165) is 22.6 Å². The molecule has 1 N–H and O–H groups in total. The van der Waals surface area contributed by atoms with Crippen LogP contribution in [-0.2, 0) is 22.7 Å². The predicted molar refractivity (Wildman–Crippen MR) is 122 cm³/mol. The Kier molecular flexibility index (Phi) is 8.77. The molecule has 1 atom stereocenters. The Labute approximate surface area is 187 Å². The lowest BCUT2D eigenvalue weighted by atomic mass is 10.1. The molecule has 0 aliphatic carbocycles. The summed E-state index contributed by atoms with van der Waals surface area (Å²) in [5.41, 5.74) is 3.38. The van der Waals surface area contributed by atoms with Crippen LogP contribution < -0.4 is 4.74 Å². The minimum Gasteiger partial charge on any atom is -0.497 e. The number of aromatic nitrogens is 2. The largest absolute Gasteiger partial charge is 0.497 e. The van der Waals surface area contributed by atoms with E-state index in [9.17, 15) is 9.90 Å². The Bertz CT molecular complexity index is 993. The first-order chi connectivity index (χ1) is 14.0. The van der Waals surface area contributed by atoms with Gasteiger partial charge in [0.25, 0.3) is 0 Å². The van der Waals surface area contributed by atoms with Crippen molar-refractivity contribution in [3.63, 3.8) is 0 Å². The molecule has 0 fully saturated rings. The van der Waals surface area contributed by atoms with Gasteiger partial charge in [0.1, 0.15) is 5.75 Å². The summed E-state index contributed by atoms with van der Waals surface area (Å²) >= 11 is 6.33. The zero-order valence-electron chi connectivity index (χ0n) is 16.8. The molecule has 0 unspecified atom stereocenters. The van der Waals surface area contributed by atoms with Crippen LogP contribution >= 0.6 is 25.1 Å². The van der Waals surface area contributed by atoms with Gasteiger partial charge >= 0.3 is 5.97 Å². The average Bonchev–Trinajstić information content (AvgIpc) is 3.12. The first-order valence-electron chi connectivity index (χ1n) is 9.30. The highest BCUT2D eigenvalue weighted by Gasteiger charge is 2.18. The monoisotopic (exact) mass is 448 g/mol. The summed E-state index contributed by atoms with van der Waals surface area (Å²) < 4.78 is 12.7. The van der Waals surface area contributed by atoms with E-state index < -0.39 is 12.1 Å². The van der Waals surface area contributed by atoms with E-state index in [1.165, 1.54) is 0 Å². The molecule has 1 heterocycles. The molecule has 0 bridgehead atoms. The smallest absolute Gasteiger partial charge is 0.332 e. The third kappa shape index (κ3) is 5.78. The molecule has 3 rings (SSSR count). The standard InChI is InChI=1S/C22H23ClN2O4.H2S/c1-3-21(22(26)27)29-14-17-12-20(15-8-6-9-18(11-15)28-2)25(24-17)13-16-7-4-5-10-19(16)23;/h4-12,21H,3,13-14H2,1-2H3,(H,26,27);1H2/t21-;/m0./s1. The molecule has 0 aliphatic rings. The van der Waals surface area contributed by atoms with Crippen LogP contribution in [0.4, 0.5) is 0 Å². The topological polar surface area (TPSA) is 73.6 Å². The van der Waals surface area contributed by atoms with Gasteiger partial charge in [-0.3, -0.25) is 4.68 Å². The van der Waals surface area contributed by atoms with E-state index >= 15 is 0 Å². The Hall–Kier alpha value is -2.48. The summed E-state index contributed by atoms with van der Waals surface area (Å²) in [7, 11) is 1.62. The lowest BCUT2D eigenvalue weighted by Crippen LogP contribution is -2.22. The van der Waals surface area contributed by atoms with Crippen molar-refractivity contribution in [2.45, 2.75) is 32.6 Å². The van der Waals surface area contributed by atoms with Crippen LogP contribution in [-0.4, -0.2) is 34.1 Å². The molecule has 2 aromatic carbocycles. The van der Waals surface area contributed by atoms with Crippen LogP contribution in [0.15, 0.2) is 54.6 Å². The third-order valence-electron chi connectivity index (χ3n) is 4.55. The van der Waals surface area contributed by atoms with Gasteiger partial charge in [0.15, 0.2) is 6.10 Å². The van der Waals surface area contributed by atoms with E-state index in [2.05, 4.69) is 5.10 Å². The Morgan fingerprint density at radius 1 is 1.20 bits per heavy atom. The van der Waals surface area contributed by atoms with Gasteiger partial charge in [-0.25, -0.2) is 4.79 Å². The van der Waals surface area contributed by atoms with Crippen LogP contribution in [0.3, 0.4) is 0 Å². The summed E-state index contributed by atoms with van der Waals surface area (Å²) in [6.07, 6.45) is -0.470. The molecule has 0 saturated carbocycles. The molecule has 30 heavy (non-hydrogen) atoms. The molecule has 6 nitrogen and oxygen atoms in total. The molecule has 0 amide bonds. The van der Waals surface area contributed by atoms with E-state index in [-0.39, 0.29) is 20.1 Å². The van der Waals surface area contributed by atoms with Crippen molar-refractivity contribution in [3.8, 4) is 17.0 Å². The van der Waals surface area contributed by atoms with Crippen LogP contribution in [0.1, 0.15) is 24.6 Å². The van der Waals surface area contributed by atoms with Gasteiger partial charge in [-0.1, -0.05) is 48.9 Å². The number of aliphatic carboxylic acids is 1. The lowest BCUT2D eigenvalue weighted by molar-refractivity contribution is -0.151. The lowest BCUT2D eigenvalue weighted by Gasteiger charge is -2.10. The van der Waals surface area contributed by atoms with E-state index in [1.54, 1.807) is 14.0 Å². The fourth-order valence-corrected chi connectivity index (χ4v) is 3.21. The Balaban J connectivity index is 0.00000320. The van der Waals surface area contributed by atoms with Crippen LogP contribution in [0.2, 0.25) is 5.02 Å². The highest BCUT2D eigenvalue weighted by molar-refractivity contribution is 7.59. The number of methoxy groups -OCH3 is 1. The number of halogens is 1. The van der Waals surface area contributed by atoms with Gasteiger partial charge < -0.3 is 14.6 Å². The molecular weight excluding hydrogens is 424 g/mol. The minimum absolute atomic E-state index is 0. The van der Waals surface area contributed by atoms with Crippen LogP contribution in [0.5, 0.6) is 5.75 Å². The molecule has 0 radical (unpaired) electrons. The first kappa shape index (κ1) is 23.8. The summed E-state index contributed by atoms with van der Waals surface area (Å²) in [6.45, 7) is 2.36. The summed E-state index contributed by atoms with van der Waals surface area (Å²) in [5.74, 6) is -0.237. The normalized spacial score (nSPS) is 11.6. The van der Waals surface area contributed by atoms with Crippen molar-refractivity contribution in [3.05, 3.63) is 70.9 Å². The Morgan fingerprint density at radius 3 is 2.63 bits per heavy atom. The predicted octanol–water partition coefficient (Wildman–Crippen LogP) is 4.75. The molecule has 8 heteroatoms. The van der Waals surface area contributed by atoms with Crippen molar-refractivity contribution in [1.29, 1.82) is 0 Å². The van der Waals surface area contributed by atoms with Gasteiger partial charge in [0, 0.05) is 10.6 Å². The summed E-state index contributed by atoms with van der Waals surface area (Å²) in [6, 6.07) is 17.2. The average molecular weight is 449 g/mol. The van der Waals surface area contributed by atoms with Crippen molar-refractivity contribution in [2.75, 3.05) is 7.11 Å². The molecule has 1 aromatic heterocycles. The number of hydrogen-bond acceptors (Lipinski definition) is 4. The number of hydrogen-bond donors (Lipinski definition) is 1. The number of carboxylic acid groups (broad SMARTS) is 1. The number of benzene rings is 2. The number of nitrogens with zero attached hydrogens (tertiary/aromatic N) is 2. The van der Waals surface area contributed by atoms with E-state index in [0.29, 0.717) is 23.7 Å². The molecule has 0 spiro atoms. The molecule has 0 aliphatic heterocycles. The zero-order valence-corrected chi connectivity index (χ0v) is 18.6.